The number of thiophene rings is 1. The number of rotatable bonds is 7. The van der Waals surface area contributed by atoms with E-state index in [1.165, 1.54) is 12.1 Å². The van der Waals surface area contributed by atoms with E-state index in [-0.39, 0.29) is 10.6 Å². The normalized spacial score (nSPS) is 13.8. The summed E-state index contributed by atoms with van der Waals surface area (Å²) in [7, 11) is -1.83. The smallest absolute Gasteiger partial charge is 0.333 e. The minimum atomic E-state index is -3.77. The molecule has 0 atom stereocenters. The Kier molecular flexibility index (Phi) is 6.61. The van der Waals surface area contributed by atoms with Crippen molar-refractivity contribution in [2.75, 3.05) is 25.9 Å². The second-order valence-corrected chi connectivity index (χ2v) is 12.6. The van der Waals surface area contributed by atoms with Crippen LogP contribution in [0.1, 0.15) is 11.1 Å². The van der Waals surface area contributed by atoms with Crippen molar-refractivity contribution in [1.29, 1.82) is 0 Å². The van der Waals surface area contributed by atoms with Gasteiger partial charge in [0.25, 0.3) is 5.56 Å². The first kappa shape index (κ1) is 25.1. The first-order chi connectivity index (χ1) is 17.6. The van der Waals surface area contributed by atoms with Gasteiger partial charge in [-0.3, -0.25) is 14.6 Å². The molecule has 1 aliphatic heterocycles. The lowest BCUT2D eigenvalue weighted by molar-refractivity contribution is -0.116. The van der Waals surface area contributed by atoms with Crippen molar-refractivity contribution in [2.45, 2.75) is 10.6 Å². The van der Waals surface area contributed by atoms with Gasteiger partial charge in [-0.15, -0.1) is 11.3 Å². The minimum absolute atomic E-state index is 0.0477. The maximum atomic E-state index is 13.2. The predicted molar refractivity (Wildman–Crippen MR) is 144 cm³/mol. The summed E-state index contributed by atoms with van der Waals surface area (Å²) in [6.07, 6.45) is -0.108. The summed E-state index contributed by atoms with van der Waals surface area (Å²) in [6, 6.07) is 14.4. The molecule has 0 fully saturated rings. The highest BCUT2D eigenvalue weighted by molar-refractivity contribution is 7.94. The number of H-pyrrole nitrogens is 1. The van der Waals surface area contributed by atoms with E-state index in [2.05, 4.69) is 9.98 Å². The second-order valence-electron chi connectivity index (χ2n) is 8.66. The summed E-state index contributed by atoms with van der Waals surface area (Å²) in [4.78, 5) is 47.7. The Labute approximate surface area is 220 Å². The van der Waals surface area contributed by atoms with Gasteiger partial charge in [0, 0.05) is 25.6 Å². The van der Waals surface area contributed by atoms with Gasteiger partial charge in [-0.1, -0.05) is 29.8 Å². The van der Waals surface area contributed by atoms with Gasteiger partial charge in [-0.25, -0.2) is 17.8 Å². The molecule has 5 rings (SSSR count). The number of aliphatic imine (C=N–C) groups is 1. The van der Waals surface area contributed by atoms with Crippen LogP contribution in [0, 0.1) is 0 Å². The lowest BCUT2D eigenvalue weighted by Gasteiger charge is -2.14. The van der Waals surface area contributed by atoms with E-state index in [0.717, 1.165) is 33.8 Å². The van der Waals surface area contributed by atoms with Crippen LogP contribution in [0.25, 0.3) is 16.6 Å². The van der Waals surface area contributed by atoms with Gasteiger partial charge >= 0.3 is 5.69 Å². The van der Waals surface area contributed by atoms with E-state index in [1.807, 2.05) is 11.9 Å². The molecule has 0 unspecified atom stereocenters. The highest BCUT2D eigenvalue weighted by atomic mass is 35.5. The van der Waals surface area contributed by atoms with Gasteiger partial charge in [-0.05, 0) is 42.0 Å². The van der Waals surface area contributed by atoms with E-state index in [0.29, 0.717) is 33.0 Å². The van der Waals surface area contributed by atoms with Crippen LogP contribution in [0.5, 0.6) is 0 Å². The Bertz CT molecular complexity index is 1790. The van der Waals surface area contributed by atoms with Crippen molar-refractivity contribution in [3.63, 3.8) is 0 Å². The van der Waals surface area contributed by atoms with Gasteiger partial charge in [0.2, 0.25) is 0 Å². The number of aromatic amines is 1. The highest BCUT2D eigenvalue weighted by Gasteiger charge is 2.22. The number of carbonyl (C=O) groups is 1. The zero-order valence-electron chi connectivity index (χ0n) is 19.6. The zero-order chi connectivity index (χ0) is 26.3. The van der Waals surface area contributed by atoms with Crippen molar-refractivity contribution < 1.29 is 13.2 Å². The molecular weight excluding hydrogens is 536 g/mol. The topological polar surface area (TPSA) is 122 Å². The third-order valence-electron chi connectivity index (χ3n) is 6.02. The summed E-state index contributed by atoms with van der Waals surface area (Å²) < 4.78 is 26.3. The molecule has 0 amide bonds. The number of likely N-dealkylation sites (N-methyl/N-ethyl adjacent to an activating group) is 1. The molecule has 4 aromatic rings. The minimum Gasteiger partial charge on any atom is -0.358 e. The summed E-state index contributed by atoms with van der Waals surface area (Å²) in [6.45, 7) is 1.51. The molecule has 0 saturated carbocycles. The largest absolute Gasteiger partial charge is 0.358 e. The predicted octanol–water partition coefficient (Wildman–Crippen LogP) is 2.67. The molecule has 1 aliphatic rings. The number of nitrogens with one attached hydrogen (secondary N) is 1. The second kappa shape index (κ2) is 9.73. The molecule has 2 aromatic heterocycles. The van der Waals surface area contributed by atoms with Crippen molar-refractivity contribution in [3.05, 3.63) is 90.9 Å². The SMILES string of the molecule is CN1CCN=C1c1ccc2c(=O)n(-c3ccc(CC(=O)CS(=O)(=O)c4ccc(Cl)s4)cc3)c(=O)[nH]c2c1. The van der Waals surface area contributed by atoms with Gasteiger partial charge < -0.3 is 9.88 Å². The van der Waals surface area contributed by atoms with Gasteiger partial charge in [0.1, 0.15) is 15.8 Å². The Balaban J connectivity index is 1.37. The molecule has 0 spiro atoms. The van der Waals surface area contributed by atoms with Crippen LogP contribution in [0.2, 0.25) is 4.34 Å². The first-order valence-corrected chi connectivity index (χ1v) is 14.1. The molecule has 0 radical (unpaired) electrons. The van der Waals surface area contributed by atoms with Crippen LogP contribution < -0.4 is 11.2 Å². The monoisotopic (exact) mass is 556 g/mol. The van der Waals surface area contributed by atoms with Crippen LogP contribution in [-0.2, 0) is 21.1 Å². The standard InChI is InChI=1S/C25H21ClN4O5S2/c1-29-11-10-27-23(29)16-4-7-19-20(13-16)28-25(33)30(24(19)32)17-5-2-15(3-6-17)12-18(31)14-37(34,35)22-9-8-21(26)36-22/h2-9,13H,10-12,14H2,1H3,(H,28,33). The average Bonchev–Trinajstić information content (AvgIpc) is 3.48. The average molecular weight is 557 g/mol. The molecule has 1 N–H and O–H groups in total. The Morgan fingerprint density at radius 2 is 1.86 bits per heavy atom. The fraction of sp³-hybridized carbons (Fsp3) is 0.200. The molecule has 0 aliphatic carbocycles. The summed E-state index contributed by atoms with van der Waals surface area (Å²) in [5.41, 5.74) is 1.05. The summed E-state index contributed by atoms with van der Waals surface area (Å²) >= 11 is 6.71. The van der Waals surface area contributed by atoms with E-state index < -0.39 is 32.6 Å². The first-order valence-electron chi connectivity index (χ1n) is 11.3. The Hall–Kier alpha value is -3.54. The Morgan fingerprint density at radius 3 is 2.51 bits per heavy atom. The lowest BCUT2D eigenvalue weighted by Crippen LogP contribution is -2.33. The number of nitrogens with zero attached hydrogens (tertiary/aromatic N) is 3. The quantitative estimate of drug-likeness (QED) is 0.373. The molecule has 0 saturated heterocycles. The van der Waals surface area contributed by atoms with Crippen LogP contribution in [-0.4, -0.2) is 60.4 Å². The number of carbonyl (C=O) groups excluding carboxylic acids is 1. The number of ketones is 1. The maximum Gasteiger partial charge on any atom is 0.333 e. The number of halogens is 1. The zero-order valence-corrected chi connectivity index (χ0v) is 22.0. The maximum absolute atomic E-state index is 13.2. The van der Waals surface area contributed by atoms with E-state index in [4.69, 9.17) is 11.6 Å². The molecule has 12 heteroatoms. The highest BCUT2D eigenvalue weighted by Crippen LogP contribution is 2.26. The van der Waals surface area contributed by atoms with Gasteiger partial charge in [0.15, 0.2) is 15.6 Å². The fourth-order valence-corrected chi connectivity index (χ4v) is 7.04. The molecule has 3 heterocycles. The van der Waals surface area contributed by atoms with E-state index in [1.54, 1.807) is 42.5 Å². The number of aromatic nitrogens is 2. The Morgan fingerprint density at radius 1 is 1.11 bits per heavy atom. The van der Waals surface area contributed by atoms with Crippen LogP contribution >= 0.6 is 22.9 Å². The third kappa shape index (κ3) is 5.02. The van der Waals surface area contributed by atoms with Crippen molar-refractivity contribution in [1.82, 2.24) is 14.5 Å². The lowest BCUT2D eigenvalue weighted by atomic mass is 10.1. The number of Topliss-reactive ketones (excluding diaryl/α,β-unsaturated/α-hetero) is 1. The number of fused-ring (bicyclic) bond motifs is 1. The van der Waals surface area contributed by atoms with Crippen LogP contribution in [0.15, 0.2) is 73.4 Å². The van der Waals surface area contributed by atoms with Crippen LogP contribution in [0.4, 0.5) is 0 Å². The molecule has 0 bridgehead atoms. The number of hydrogen-bond acceptors (Lipinski definition) is 8. The third-order valence-corrected chi connectivity index (χ3v) is 9.51. The van der Waals surface area contributed by atoms with Crippen molar-refractivity contribution in [2.24, 2.45) is 4.99 Å². The van der Waals surface area contributed by atoms with E-state index in [9.17, 15) is 22.8 Å². The van der Waals surface area contributed by atoms with Gasteiger partial charge in [0.05, 0.1) is 27.5 Å². The van der Waals surface area contributed by atoms with Gasteiger partial charge in [-0.2, -0.15) is 0 Å². The van der Waals surface area contributed by atoms with Crippen molar-refractivity contribution in [3.8, 4) is 5.69 Å². The summed E-state index contributed by atoms with van der Waals surface area (Å²) in [5.74, 6) is -0.310. The number of sulfone groups is 1. The van der Waals surface area contributed by atoms with Crippen LogP contribution in [0.3, 0.4) is 0 Å². The number of hydrogen-bond donors (Lipinski definition) is 1. The molecule has 37 heavy (non-hydrogen) atoms. The van der Waals surface area contributed by atoms with Crippen molar-refractivity contribution >= 4 is 55.3 Å². The fourth-order valence-electron chi connectivity index (χ4n) is 4.23. The molecule has 190 valence electrons. The summed E-state index contributed by atoms with van der Waals surface area (Å²) in [5, 5.41) is 0.350. The van der Waals surface area contributed by atoms with E-state index >= 15 is 0 Å². The molecule has 9 nitrogen and oxygen atoms in total. The number of amidine groups is 1. The molecule has 2 aromatic carbocycles. The number of benzene rings is 2. The molecular formula is C25H21ClN4O5S2.